The first-order valence-electron chi connectivity index (χ1n) is 10.2. The van der Waals surface area contributed by atoms with E-state index in [-0.39, 0.29) is 0 Å². The number of rotatable bonds is 10. The van der Waals surface area contributed by atoms with E-state index < -0.39 is 5.97 Å². The fourth-order valence-corrected chi connectivity index (χ4v) is 6.92. The molecule has 3 rings (SSSR count). The van der Waals surface area contributed by atoms with Crippen LogP contribution < -0.4 is 0 Å². The Balaban J connectivity index is 1.39. The molecule has 0 aromatic carbocycles. The lowest BCUT2D eigenvalue weighted by atomic mass is 9.76. The van der Waals surface area contributed by atoms with Crippen LogP contribution in [0, 0.1) is 23.7 Å². The minimum Gasteiger partial charge on any atom is -0.481 e. The Hall–Kier alpha value is -0.440. The van der Waals surface area contributed by atoms with E-state index in [0.717, 1.165) is 41.8 Å². The number of carbonyl (C=O) groups is 1. The maximum Gasteiger partial charge on any atom is 0.303 e. The molecule has 3 aliphatic carbocycles. The van der Waals surface area contributed by atoms with Gasteiger partial charge in [-0.1, -0.05) is 25.0 Å². The van der Waals surface area contributed by atoms with E-state index in [1.807, 2.05) is 0 Å². The molecule has 4 atom stereocenters. The van der Waals surface area contributed by atoms with Crippen molar-refractivity contribution in [3.8, 4) is 0 Å². The predicted molar refractivity (Wildman–Crippen MR) is 102 cm³/mol. The van der Waals surface area contributed by atoms with Crippen molar-refractivity contribution in [2.24, 2.45) is 23.7 Å². The Bertz CT molecular complexity index is 428. The van der Waals surface area contributed by atoms with Gasteiger partial charge < -0.3 is 5.11 Å². The second-order valence-corrected chi connectivity index (χ2v) is 9.63. The lowest BCUT2D eigenvalue weighted by Crippen LogP contribution is -2.22. The summed E-state index contributed by atoms with van der Waals surface area (Å²) in [5.74, 6) is 4.61. The molecule has 0 aliphatic heterocycles. The van der Waals surface area contributed by atoms with Gasteiger partial charge in [0.25, 0.3) is 0 Å². The lowest BCUT2D eigenvalue weighted by Gasteiger charge is -2.30. The van der Waals surface area contributed by atoms with Crippen molar-refractivity contribution < 1.29 is 9.90 Å². The minimum atomic E-state index is -0.670. The monoisotopic (exact) mass is 350 g/mol. The number of hydrogen-bond donors (Lipinski definition) is 1. The number of allylic oxidation sites excluding steroid dienone is 2. The minimum absolute atomic E-state index is 0.305. The molecule has 3 heteroatoms. The van der Waals surface area contributed by atoms with E-state index in [2.05, 4.69) is 23.9 Å². The summed E-state index contributed by atoms with van der Waals surface area (Å²) in [7, 11) is 0. The van der Waals surface area contributed by atoms with Crippen molar-refractivity contribution >= 4 is 17.7 Å². The van der Waals surface area contributed by atoms with Gasteiger partial charge in [0.05, 0.1) is 0 Å². The highest BCUT2D eigenvalue weighted by molar-refractivity contribution is 7.99. The van der Waals surface area contributed by atoms with Gasteiger partial charge in [-0.3, -0.25) is 4.79 Å². The predicted octanol–water partition coefficient (Wildman–Crippen LogP) is 5.92. The van der Waals surface area contributed by atoms with Crippen LogP contribution in [0.1, 0.15) is 77.0 Å². The molecule has 0 aromatic heterocycles. The van der Waals surface area contributed by atoms with Crippen LogP contribution in [-0.4, -0.2) is 22.1 Å². The number of fused-ring (bicyclic) bond motifs is 2. The molecular formula is C21H34O2S. The van der Waals surface area contributed by atoms with Crippen LogP contribution in [0.25, 0.3) is 0 Å². The molecule has 3 aliphatic rings. The van der Waals surface area contributed by atoms with Gasteiger partial charge in [0, 0.05) is 11.7 Å². The van der Waals surface area contributed by atoms with E-state index in [1.165, 1.54) is 63.5 Å². The molecule has 0 spiro atoms. The standard InChI is InChI=1S/C21H34O2S/c22-21(23)10-4-2-1-3-9-19-16-11-12-17(15-16)20(19)13-14-24-18-7-5-6-8-18/h1,3,16-20H,2,4-15H2,(H,22,23)/b3-1-/t16-,17+,19-,20+/m0/s1. The van der Waals surface area contributed by atoms with Gasteiger partial charge in [-0.05, 0) is 87.2 Å². The molecule has 24 heavy (non-hydrogen) atoms. The van der Waals surface area contributed by atoms with Crippen LogP contribution in [0.4, 0.5) is 0 Å². The summed E-state index contributed by atoms with van der Waals surface area (Å²) >= 11 is 2.26. The molecule has 0 amide bonds. The number of aliphatic carboxylic acids is 1. The fourth-order valence-electron chi connectivity index (χ4n) is 5.51. The Kier molecular flexibility index (Phi) is 7.12. The first kappa shape index (κ1) is 18.4. The van der Waals surface area contributed by atoms with E-state index in [4.69, 9.17) is 5.11 Å². The summed E-state index contributed by atoms with van der Waals surface area (Å²) in [6, 6.07) is 0. The van der Waals surface area contributed by atoms with Crippen LogP contribution in [0.15, 0.2) is 12.2 Å². The Morgan fingerprint density at radius 1 is 1.04 bits per heavy atom. The average molecular weight is 351 g/mol. The van der Waals surface area contributed by atoms with Crippen LogP contribution >= 0.6 is 11.8 Å². The summed E-state index contributed by atoms with van der Waals surface area (Å²) in [5.41, 5.74) is 0. The van der Waals surface area contributed by atoms with Gasteiger partial charge in [0.2, 0.25) is 0 Å². The second-order valence-electron chi connectivity index (χ2n) is 8.22. The zero-order valence-corrected chi connectivity index (χ0v) is 15.8. The van der Waals surface area contributed by atoms with Crippen molar-refractivity contribution in [3.63, 3.8) is 0 Å². The third-order valence-electron chi connectivity index (χ3n) is 6.72. The maximum atomic E-state index is 10.5. The number of carboxylic acids is 1. The first-order valence-corrected chi connectivity index (χ1v) is 11.3. The number of hydrogen-bond acceptors (Lipinski definition) is 2. The quantitative estimate of drug-likeness (QED) is 0.393. The van der Waals surface area contributed by atoms with Gasteiger partial charge in [-0.15, -0.1) is 0 Å². The van der Waals surface area contributed by atoms with Crippen molar-refractivity contribution in [2.45, 2.75) is 82.3 Å². The van der Waals surface area contributed by atoms with E-state index in [9.17, 15) is 4.79 Å². The van der Waals surface area contributed by atoms with Crippen LogP contribution in [0.3, 0.4) is 0 Å². The molecule has 0 heterocycles. The topological polar surface area (TPSA) is 37.3 Å². The number of unbranched alkanes of at least 4 members (excludes halogenated alkanes) is 1. The molecule has 0 unspecified atom stereocenters. The Labute approximate surface area is 151 Å². The number of carboxylic acid groups (broad SMARTS) is 1. The molecule has 0 aromatic rings. The average Bonchev–Trinajstić information content (AvgIpc) is 3.28. The summed E-state index contributed by atoms with van der Waals surface area (Å²) in [6.07, 6.45) is 19.6. The van der Waals surface area contributed by atoms with Crippen LogP contribution in [0.2, 0.25) is 0 Å². The van der Waals surface area contributed by atoms with Crippen LogP contribution in [-0.2, 0) is 4.79 Å². The molecule has 136 valence electrons. The van der Waals surface area contributed by atoms with E-state index in [1.54, 1.807) is 0 Å². The van der Waals surface area contributed by atoms with Gasteiger partial charge >= 0.3 is 5.97 Å². The summed E-state index contributed by atoms with van der Waals surface area (Å²) in [4.78, 5) is 10.5. The first-order chi connectivity index (χ1) is 11.7. The molecule has 0 radical (unpaired) electrons. The molecule has 3 saturated carbocycles. The van der Waals surface area contributed by atoms with Crippen molar-refractivity contribution in [2.75, 3.05) is 5.75 Å². The van der Waals surface area contributed by atoms with Gasteiger partial charge in [0.1, 0.15) is 0 Å². The highest BCUT2D eigenvalue weighted by atomic mass is 32.2. The summed E-state index contributed by atoms with van der Waals surface area (Å²) < 4.78 is 0. The molecule has 2 bridgehead atoms. The van der Waals surface area contributed by atoms with Crippen molar-refractivity contribution in [3.05, 3.63) is 12.2 Å². The van der Waals surface area contributed by atoms with Crippen molar-refractivity contribution in [1.82, 2.24) is 0 Å². The second kappa shape index (κ2) is 9.31. The number of thioether (sulfide) groups is 1. The zero-order valence-electron chi connectivity index (χ0n) is 15.0. The third kappa shape index (κ3) is 5.03. The van der Waals surface area contributed by atoms with E-state index in [0.29, 0.717) is 6.42 Å². The van der Waals surface area contributed by atoms with Crippen LogP contribution in [0.5, 0.6) is 0 Å². The normalized spacial score (nSPS) is 33.0. The van der Waals surface area contributed by atoms with Gasteiger partial charge in [0.15, 0.2) is 0 Å². The highest BCUT2D eigenvalue weighted by Crippen LogP contribution is 2.55. The third-order valence-corrected chi connectivity index (χ3v) is 8.13. The molecule has 3 fully saturated rings. The molecular weight excluding hydrogens is 316 g/mol. The zero-order chi connectivity index (χ0) is 16.8. The largest absolute Gasteiger partial charge is 0.481 e. The van der Waals surface area contributed by atoms with E-state index >= 15 is 0 Å². The van der Waals surface area contributed by atoms with Gasteiger partial charge in [-0.2, -0.15) is 11.8 Å². The Morgan fingerprint density at radius 3 is 2.54 bits per heavy atom. The smallest absolute Gasteiger partial charge is 0.303 e. The summed E-state index contributed by atoms with van der Waals surface area (Å²) in [5, 5.41) is 9.65. The molecule has 2 nitrogen and oxygen atoms in total. The molecule has 0 saturated heterocycles. The lowest BCUT2D eigenvalue weighted by molar-refractivity contribution is -0.137. The molecule has 1 N–H and O–H groups in total. The SMILES string of the molecule is O=C(O)CCC/C=C\C[C@H]1[C@H]2CC[C@H](C2)[C@H]1CCSC1CCCC1. The fraction of sp³-hybridized carbons (Fsp3) is 0.857. The summed E-state index contributed by atoms with van der Waals surface area (Å²) in [6.45, 7) is 0. The Morgan fingerprint density at radius 2 is 1.79 bits per heavy atom. The maximum absolute atomic E-state index is 10.5. The van der Waals surface area contributed by atoms with Crippen molar-refractivity contribution in [1.29, 1.82) is 0 Å². The van der Waals surface area contributed by atoms with Gasteiger partial charge in [-0.25, -0.2) is 0 Å². The highest BCUT2D eigenvalue weighted by Gasteiger charge is 2.46.